The largest absolute Gasteiger partial charge is 0.373 e. The standard InChI is InChI=1S/C20H23N3O2S2/c1-12-8-23(9-13(2)25-12)10-15-11-26-20(21-15)22-19(24)18-14(3)16-6-4-5-7-17(16)27-18/h4-7,11-13H,8-10H2,1-3H3,(H,21,22,24). The van der Waals surface area contributed by atoms with Crippen LogP contribution in [0, 0.1) is 6.92 Å². The van der Waals surface area contributed by atoms with Crippen molar-refractivity contribution in [3.05, 3.63) is 45.8 Å². The zero-order valence-electron chi connectivity index (χ0n) is 15.7. The Labute approximate surface area is 167 Å². The molecule has 1 aliphatic rings. The fourth-order valence-corrected chi connectivity index (χ4v) is 5.43. The van der Waals surface area contributed by atoms with Crippen molar-refractivity contribution in [1.29, 1.82) is 0 Å². The number of aromatic nitrogens is 1. The van der Waals surface area contributed by atoms with Crippen LogP contribution < -0.4 is 5.32 Å². The van der Waals surface area contributed by atoms with Crippen LogP contribution >= 0.6 is 22.7 Å². The molecule has 142 valence electrons. The van der Waals surface area contributed by atoms with Crippen molar-refractivity contribution in [3.63, 3.8) is 0 Å². The van der Waals surface area contributed by atoms with Gasteiger partial charge < -0.3 is 4.74 Å². The third kappa shape index (κ3) is 4.06. The number of morpholine rings is 1. The molecule has 2 aromatic heterocycles. The van der Waals surface area contributed by atoms with Gasteiger partial charge in [0.1, 0.15) is 0 Å². The van der Waals surface area contributed by atoms with Crippen molar-refractivity contribution in [2.24, 2.45) is 0 Å². The first-order valence-corrected chi connectivity index (χ1v) is 10.8. The topological polar surface area (TPSA) is 54.5 Å². The van der Waals surface area contributed by atoms with Crippen LogP contribution in [0.1, 0.15) is 34.8 Å². The molecule has 7 heteroatoms. The molecule has 1 fully saturated rings. The highest BCUT2D eigenvalue weighted by Gasteiger charge is 2.23. The van der Waals surface area contributed by atoms with E-state index in [0.717, 1.165) is 45.9 Å². The molecule has 1 aliphatic heterocycles. The second-order valence-electron chi connectivity index (χ2n) is 7.10. The average Bonchev–Trinajstić information content (AvgIpc) is 3.19. The van der Waals surface area contributed by atoms with Crippen molar-refractivity contribution in [1.82, 2.24) is 9.88 Å². The number of rotatable bonds is 4. The Morgan fingerprint density at radius 3 is 2.78 bits per heavy atom. The zero-order valence-corrected chi connectivity index (χ0v) is 17.3. The normalized spacial score (nSPS) is 20.9. The van der Waals surface area contributed by atoms with Crippen LogP contribution in [0.15, 0.2) is 29.6 Å². The van der Waals surface area contributed by atoms with Crippen LogP contribution in [0.4, 0.5) is 5.13 Å². The van der Waals surface area contributed by atoms with Gasteiger partial charge in [-0.3, -0.25) is 15.0 Å². The number of amides is 1. The molecule has 27 heavy (non-hydrogen) atoms. The summed E-state index contributed by atoms with van der Waals surface area (Å²) in [6, 6.07) is 8.12. The first-order valence-electron chi connectivity index (χ1n) is 9.11. The molecular formula is C20H23N3O2S2. The minimum atomic E-state index is -0.0804. The van der Waals surface area contributed by atoms with Crippen LogP contribution in [-0.4, -0.2) is 41.1 Å². The Kier molecular flexibility index (Phi) is 5.27. The lowest BCUT2D eigenvalue weighted by Crippen LogP contribution is -2.44. The van der Waals surface area contributed by atoms with E-state index < -0.39 is 0 Å². The Morgan fingerprint density at radius 2 is 2.04 bits per heavy atom. The number of ether oxygens (including phenoxy) is 1. The maximum absolute atomic E-state index is 12.7. The SMILES string of the molecule is Cc1c(C(=O)Nc2nc(CN3CC(C)OC(C)C3)cs2)sc2ccccc12. The Balaban J connectivity index is 1.44. The van der Waals surface area contributed by atoms with Crippen LogP contribution in [0.5, 0.6) is 0 Å². The van der Waals surface area contributed by atoms with Gasteiger partial charge in [0.25, 0.3) is 5.91 Å². The molecule has 1 aromatic carbocycles. The molecule has 2 unspecified atom stereocenters. The second kappa shape index (κ2) is 7.67. The monoisotopic (exact) mass is 401 g/mol. The summed E-state index contributed by atoms with van der Waals surface area (Å²) >= 11 is 3.01. The van der Waals surface area contributed by atoms with Gasteiger partial charge in [-0.1, -0.05) is 18.2 Å². The Hall–Kier alpha value is -1.80. The van der Waals surface area contributed by atoms with Gasteiger partial charge in [-0.15, -0.1) is 22.7 Å². The number of benzene rings is 1. The summed E-state index contributed by atoms with van der Waals surface area (Å²) in [7, 11) is 0. The van der Waals surface area contributed by atoms with Crippen LogP contribution in [0.25, 0.3) is 10.1 Å². The predicted molar refractivity (Wildman–Crippen MR) is 112 cm³/mol. The van der Waals surface area contributed by atoms with Crippen LogP contribution in [0.3, 0.4) is 0 Å². The van der Waals surface area contributed by atoms with Gasteiger partial charge in [0.2, 0.25) is 0 Å². The molecule has 0 radical (unpaired) electrons. The molecule has 1 N–H and O–H groups in total. The third-order valence-electron chi connectivity index (χ3n) is 4.70. The summed E-state index contributed by atoms with van der Waals surface area (Å²) < 4.78 is 6.92. The molecule has 4 rings (SSSR count). The third-order valence-corrected chi connectivity index (χ3v) is 6.78. The lowest BCUT2D eigenvalue weighted by atomic mass is 10.1. The highest BCUT2D eigenvalue weighted by atomic mass is 32.1. The lowest BCUT2D eigenvalue weighted by molar-refractivity contribution is -0.0707. The Morgan fingerprint density at radius 1 is 1.30 bits per heavy atom. The molecule has 3 aromatic rings. The van der Waals surface area contributed by atoms with Gasteiger partial charge in [-0.25, -0.2) is 4.98 Å². The summed E-state index contributed by atoms with van der Waals surface area (Å²) in [6.07, 6.45) is 0.477. The summed E-state index contributed by atoms with van der Waals surface area (Å²) in [6.45, 7) is 8.80. The van der Waals surface area contributed by atoms with Gasteiger partial charge in [0.05, 0.1) is 22.8 Å². The fraction of sp³-hybridized carbons (Fsp3) is 0.400. The van der Waals surface area contributed by atoms with E-state index in [-0.39, 0.29) is 18.1 Å². The number of nitrogens with one attached hydrogen (secondary N) is 1. The minimum absolute atomic E-state index is 0.0804. The van der Waals surface area contributed by atoms with Gasteiger partial charge in [-0.2, -0.15) is 0 Å². The molecule has 3 heterocycles. The first kappa shape index (κ1) is 18.6. The van der Waals surface area contributed by atoms with Crippen molar-refractivity contribution in [3.8, 4) is 0 Å². The highest BCUT2D eigenvalue weighted by molar-refractivity contribution is 7.21. The summed E-state index contributed by atoms with van der Waals surface area (Å²) in [5, 5.41) is 6.79. The van der Waals surface area contributed by atoms with Crippen molar-refractivity contribution in [2.45, 2.75) is 39.5 Å². The maximum Gasteiger partial charge on any atom is 0.267 e. The molecule has 1 amide bonds. The van der Waals surface area contributed by atoms with Crippen molar-refractivity contribution in [2.75, 3.05) is 18.4 Å². The van der Waals surface area contributed by atoms with E-state index >= 15 is 0 Å². The highest BCUT2D eigenvalue weighted by Crippen LogP contribution is 2.31. The van der Waals surface area contributed by atoms with E-state index in [2.05, 4.69) is 41.2 Å². The Bertz CT molecular complexity index is 955. The maximum atomic E-state index is 12.7. The number of thiophene rings is 1. The van der Waals surface area contributed by atoms with E-state index in [1.54, 1.807) is 0 Å². The molecule has 0 saturated carbocycles. The number of carbonyl (C=O) groups excluding carboxylic acids is 1. The quantitative estimate of drug-likeness (QED) is 0.698. The number of thiazole rings is 1. The molecule has 1 saturated heterocycles. The number of fused-ring (bicyclic) bond motifs is 1. The summed E-state index contributed by atoms with van der Waals surface area (Å²) in [4.78, 5) is 20.5. The van der Waals surface area contributed by atoms with Gasteiger partial charge in [0.15, 0.2) is 5.13 Å². The van der Waals surface area contributed by atoms with E-state index in [1.165, 1.54) is 22.7 Å². The number of anilines is 1. The van der Waals surface area contributed by atoms with E-state index in [9.17, 15) is 4.79 Å². The fourth-order valence-electron chi connectivity index (χ4n) is 3.62. The van der Waals surface area contributed by atoms with Crippen molar-refractivity contribution >= 4 is 43.8 Å². The number of carbonyl (C=O) groups is 1. The van der Waals surface area contributed by atoms with Gasteiger partial charge >= 0.3 is 0 Å². The number of hydrogen-bond donors (Lipinski definition) is 1. The first-order chi connectivity index (χ1) is 13.0. The van der Waals surface area contributed by atoms with E-state index in [1.807, 2.05) is 24.4 Å². The molecule has 0 bridgehead atoms. The number of aryl methyl sites for hydroxylation is 1. The molecule has 2 atom stereocenters. The van der Waals surface area contributed by atoms with Gasteiger partial charge in [-0.05, 0) is 37.8 Å². The summed E-state index contributed by atoms with van der Waals surface area (Å²) in [5.74, 6) is -0.0804. The van der Waals surface area contributed by atoms with Crippen molar-refractivity contribution < 1.29 is 9.53 Å². The number of hydrogen-bond acceptors (Lipinski definition) is 6. The number of nitrogens with zero attached hydrogens (tertiary/aromatic N) is 2. The lowest BCUT2D eigenvalue weighted by Gasteiger charge is -2.34. The van der Waals surface area contributed by atoms with Crippen LogP contribution in [-0.2, 0) is 11.3 Å². The van der Waals surface area contributed by atoms with E-state index in [4.69, 9.17) is 4.74 Å². The predicted octanol–water partition coefficient (Wildman–Crippen LogP) is 4.53. The molecular weight excluding hydrogens is 378 g/mol. The molecule has 0 spiro atoms. The molecule has 5 nitrogen and oxygen atoms in total. The second-order valence-corrected chi connectivity index (χ2v) is 9.01. The zero-order chi connectivity index (χ0) is 19.0. The van der Waals surface area contributed by atoms with E-state index in [0.29, 0.717) is 5.13 Å². The van der Waals surface area contributed by atoms with Crippen LogP contribution in [0.2, 0.25) is 0 Å². The average molecular weight is 402 g/mol. The smallest absolute Gasteiger partial charge is 0.267 e. The minimum Gasteiger partial charge on any atom is -0.373 e. The molecule has 0 aliphatic carbocycles. The van der Waals surface area contributed by atoms with Gasteiger partial charge in [0, 0.05) is 29.7 Å². The summed E-state index contributed by atoms with van der Waals surface area (Å²) in [5.41, 5.74) is 2.02.